The SMILES string of the molecule is CN1C(=O)c2cccc(OC(F)F)c2C2CC1c1nc3ccc(-c4cnc(C5(N)CC5)c(F)c4)nn3c12. The number of carbonyl (C=O) groups is 1. The van der Waals surface area contributed by atoms with Crippen LogP contribution in [0.4, 0.5) is 13.2 Å². The Labute approximate surface area is 208 Å². The number of halogens is 3. The largest absolute Gasteiger partial charge is 0.434 e. The molecule has 7 rings (SSSR count). The highest BCUT2D eigenvalue weighted by Crippen LogP contribution is 2.52. The van der Waals surface area contributed by atoms with E-state index in [-0.39, 0.29) is 23.4 Å². The van der Waals surface area contributed by atoms with Crippen molar-refractivity contribution in [2.75, 3.05) is 7.05 Å². The fourth-order valence-electron chi connectivity index (χ4n) is 5.67. The Hall–Kier alpha value is -3.99. The van der Waals surface area contributed by atoms with E-state index in [2.05, 4.69) is 4.98 Å². The molecular formula is C26H21F3N6O2. The predicted molar refractivity (Wildman–Crippen MR) is 126 cm³/mol. The van der Waals surface area contributed by atoms with Crippen LogP contribution in [-0.4, -0.2) is 44.0 Å². The van der Waals surface area contributed by atoms with Crippen molar-refractivity contribution < 1.29 is 22.7 Å². The number of fused-ring (bicyclic) bond motifs is 9. The molecule has 2 atom stereocenters. The first-order chi connectivity index (χ1) is 17.7. The van der Waals surface area contributed by atoms with Crippen molar-refractivity contribution in [1.29, 1.82) is 0 Å². The Morgan fingerprint density at radius 1 is 1.22 bits per heavy atom. The van der Waals surface area contributed by atoms with Crippen LogP contribution in [0.1, 0.15) is 64.2 Å². The maximum Gasteiger partial charge on any atom is 0.387 e. The molecule has 8 nitrogen and oxygen atoms in total. The third kappa shape index (κ3) is 3.19. The van der Waals surface area contributed by atoms with Gasteiger partial charge in [0.2, 0.25) is 0 Å². The Kier molecular flexibility index (Phi) is 4.51. The van der Waals surface area contributed by atoms with Crippen molar-refractivity contribution in [1.82, 2.24) is 24.5 Å². The lowest BCUT2D eigenvalue weighted by atomic mass is 9.91. The molecule has 1 fully saturated rings. The summed E-state index contributed by atoms with van der Waals surface area (Å²) in [6, 6.07) is 9.09. The minimum Gasteiger partial charge on any atom is -0.434 e. The van der Waals surface area contributed by atoms with Crippen LogP contribution in [0.15, 0.2) is 42.6 Å². The molecule has 188 valence electrons. The third-order valence-electron chi connectivity index (χ3n) is 7.69. The summed E-state index contributed by atoms with van der Waals surface area (Å²) in [5.74, 6) is -1.27. The maximum atomic E-state index is 14.9. The van der Waals surface area contributed by atoms with Crippen molar-refractivity contribution >= 4 is 11.6 Å². The van der Waals surface area contributed by atoms with Gasteiger partial charge in [0, 0.05) is 35.9 Å². The lowest BCUT2D eigenvalue weighted by Gasteiger charge is -2.23. The van der Waals surface area contributed by atoms with E-state index in [0.29, 0.717) is 58.7 Å². The summed E-state index contributed by atoms with van der Waals surface area (Å²) in [5.41, 5.74) is 9.20. The summed E-state index contributed by atoms with van der Waals surface area (Å²) >= 11 is 0. The van der Waals surface area contributed by atoms with Gasteiger partial charge in [0.05, 0.1) is 34.4 Å². The summed E-state index contributed by atoms with van der Waals surface area (Å²) in [7, 11) is 1.68. The minimum atomic E-state index is -3.04. The van der Waals surface area contributed by atoms with E-state index >= 15 is 0 Å². The molecule has 0 radical (unpaired) electrons. The van der Waals surface area contributed by atoms with E-state index in [9.17, 15) is 18.0 Å². The lowest BCUT2D eigenvalue weighted by molar-refractivity contribution is -0.0506. The van der Waals surface area contributed by atoms with E-state index in [1.807, 2.05) is 0 Å². The number of alkyl halides is 2. The van der Waals surface area contributed by atoms with E-state index in [1.165, 1.54) is 18.2 Å². The highest BCUT2D eigenvalue weighted by molar-refractivity contribution is 5.98. The van der Waals surface area contributed by atoms with Crippen LogP contribution in [0.3, 0.4) is 0 Å². The van der Waals surface area contributed by atoms with Gasteiger partial charge < -0.3 is 15.4 Å². The maximum absolute atomic E-state index is 14.9. The number of amides is 1. The first-order valence-corrected chi connectivity index (χ1v) is 11.9. The van der Waals surface area contributed by atoms with Gasteiger partial charge in [-0.05, 0) is 49.6 Å². The van der Waals surface area contributed by atoms with Crippen LogP contribution in [0.2, 0.25) is 0 Å². The van der Waals surface area contributed by atoms with Gasteiger partial charge in [-0.3, -0.25) is 9.78 Å². The second-order valence-corrected chi connectivity index (χ2v) is 9.90. The number of ether oxygens (including phenoxy) is 1. The molecule has 2 aliphatic carbocycles. The second kappa shape index (κ2) is 7.51. The van der Waals surface area contributed by atoms with Gasteiger partial charge in [0.15, 0.2) is 5.65 Å². The van der Waals surface area contributed by atoms with Crippen LogP contribution < -0.4 is 10.5 Å². The van der Waals surface area contributed by atoms with Crippen LogP contribution in [0.5, 0.6) is 5.75 Å². The number of carbonyl (C=O) groups excluding carboxylic acids is 1. The van der Waals surface area contributed by atoms with Crippen LogP contribution >= 0.6 is 0 Å². The average molecular weight is 506 g/mol. The monoisotopic (exact) mass is 506 g/mol. The molecule has 2 bridgehead atoms. The van der Waals surface area contributed by atoms with E-state index in [4.69, 9.17) is 20.6 Å². The smallest absolute Gasteiger partial charge is 0.387 e. The zero-order chi connectivity index (χ0) is 25.6. The molecular weight excluding hydrogens is 485 g/mol. The molecule has 0 spiro atoms. The molecule has 11 heteroatoms. The number of imidazole rings is 1. The Bertz CT molecular complexity index is 1620. The Morgan fingerprint density at radius 3 is 2.76 bits per heavy atom. The van der Waals surface area contributed by atoms with Gasteiger partial charge in [0.1, 0.15) is 11.6 Å². The summed E-state index contributed by atoms with van der Waals surface area (Å²) in [6.07, 6.45) is 3.39. The molecule has 1 amide bonds. The normalized spacial score (nSPS) is 21.2. The predicted octanol–water partition coefficient (Wildman–Crippen LogP) is 4.14. The number of rotatable bonds is 4. The van der Waals surface area contributed by atoms with Gasteiger partial charge in [0.25, 0.3) is 5.91 Å². The fourth-order valence-corrected chi connectivity index (χ4v) is 5.67. The molecule has 3 aromatic heterocycles. The molecule has 37 heavy (non-hydrogen) atoms. The van der Waals surface area contributed by atoms with Gasteiger partial charge >= 0.3 is 6.61 Å². The summed E-state index contributed by atoms with van der Waals surface area (Å²) in [6.45, 7) is -3.04. The van der Waals surface area contributed by atoms with Crippen molar-refractivity contribution in [3.05, 3.63) is 76.6 Å². The lowest BCUT2D eigenvalue weighted by Crippen LogP contribution is -2.30. The van der Waals surface area contributed by atoms with Crippen molar-refractivity contribution in [2.45, 2.75) is 43.4 Å². The molecule has 1 aliphatic heterocycles. The zero-order valence-electron chi connectivity index (χ0n) is 19.7. The molecule has 0 saturated heterocycles. The number of hydrogen-bond donors (Lipinski definition) is 1. The van der Waals surface area contributed by atoms with Crippen molar-refractivity contribution in [3.8, 4) is 17.0 Å². The molecule has 4 heterocycles. The molecule has 2 N–H and O–H groups in total. The molecule has 2 unspecified atom stereocenters. The highest BCUT2D eigenvalue weighted by atomic mass is 19.3. The second-order valence-electron chi connectivity index (χ2n) is 9.90. The fraction of sp³-hybridized carbons (Fsp3) is 0.308. The molecule has 1 saturated carbocycles. The summed E-state index contributed by atoms with van der Waals surface area (Å²) in [4.78, 5) is 23.9. The first-order valence-electron chi connectivity index (χ1n) is 11.9. The van der Waals surface area contributed by atoms with Crippen LogP contribution in [-0.2, 0) is 5.54 Å². The number of pyridine rings is 1. The third-order valence-corrected chi connectivity index (χ3v) is 7.69. The van der Waals surface area contributed by atoms with Crippen molar-refractivity contribution in [3.63, 3.8) is 0 Å². The number of aromatic nitrogens is 4. The van der Waals surface area contributed by atoms with Crippen LogP contribution in [0, 0.1) is 5.82 Å². The Morgan fingerprint density at radius 2 is 2.03 bits per heavy atom. The van der Waals surface area contributed by atoms with Crippen molar-refractivity contribution in [2.24, 2.45) is 5.73 Å². The first kappa shape index (κ1) is 22.2. The molecule has 4 aromatic rings. The topological polar surface area (TPSA) is 98.6 Å². The molecule has 1 aromatic carbocycles. The van der Waals surface area contributed by atoms with E-state index in [1.54, 1.807) is 40.9 Å². The van der Waals surface area contributed by atoms with Crippen LogP contribution in [0.25, 0.3) is 16.9 Å². The number of nitrogens with zero attached hydrogens (tertiary/aromatic N) is 5. The number of benzene rings is 1. The van der Waals surface area contributed by atoms with E-state index in [0.717, 1.165) is 0 Å². The summed E-state index contributed by atoms with van der Waals surface area (Å²) < 4.78 is 47.9. The average Bonchev–Trinajstić information content (AvgIpc) is 3.38. The van der Waals surface area contributed by atoms with E-state index < -0.39 is 23.9 Å². The number of hydrogen-bond acceptors (Lipinski definition) is 6. The minimum absolute atomic E-state index is 0.0449. The summed E-state index contributed by atoms with van der Waals surface area (Å²) in [5, 5.41) is 4.75. The Balaban J connectivity index is 1.40. The van der Waals surface area contributed by atoms with Gasteiger partial charge in [-0.1, -0.05) is 6.07 Å². The van der Waals surface area contributed by atoms with Gasteiger partial charge in [-0.25, -0.2) is 13.9 Å². The quantitative estimate of drug-likeness (QED) is 0.447. The highest BCUT2D eigenvalue weighted by Gasteiger charge is 2.47. The van der Waals surface area contributed by atoms with Gasteiger partial charge in [-0.15, -0.1) is 0 Å². The van der Waals surface area contributed by atoms with Gasteiger partial charge in [-0.2, -0.15) is 13.9 Å². The zero-order valence-corrected chi connectivity index (χ0v) is 19.7. The number of nitrogens with two attached hydrogens (primary N) is 1. The standard InChI is InChI=1S/C26H21F3N6O2/c1-34-17-10-14(20-13(24(34)36)3-2-4-18(20)37-25(28)29)22-21(17)32-19-6-5-16(33-35(19)22)12-9-15(27)23(31-11-12)26(30)7-8-26/h2-6,9,11,14,17,25H,7-8,10,30H2,1H3. The molecule has 3 aliphatic rings.